The summed E-state index contributed by atoms with van der Waals surface area (Å²) < 4.78 is 18.0. The summed E-state index contributed by atoms with van der Waals surface area (Å²) in [6, 6.07) is 5.65. The maximum Gasteiger partial charge on any atom is 0.162 e. The maximum absolute atomic E-state index is 10.7. The Morgan fingerprint density at radius 1 is 1.00 bits per heavy atom. The number of fused-ring (bicyclic) bond motifs is 1. The molecule has 1 atom stereocenters. The molecule has 0 bridgehead atoms. The predicted octanol–water partition coefficient (Wildman–Crippen LogP) is 4.37. The van der Waals surface area contributed by atoms with Gasteiger partial charge >= 0.3 is 0 Å². The summed E-state index contributed by atoms with van der Waals surface area (Å²) in [7, 11) is 4.80. The van der Waals surface area contributed by atoms with Gasteiger partial charge in [0.05, 0.1) is 21.3 Å². The number of phenols is 1. The summed E-state index contributed by atoms with van der Waals surface area (Å²) >= 11 is 7.23. The Kier molecular flexibility index (Phi) is 5.99. The van der Waals surface area contributed by atoms with Crippen LogP contribution in [0, 0.1) is 0 Å². The molecule has 0 aliphatic carbocycles. The number of halogens is 2. The minimum absolute atomic E-state index is 0.0421. The van der Waals surface area contributed by atoms with E-state index in [0.717, 1.165) is 38.6 Å². The van der Waals surface area contributed by atoms with Crippen molar-refractivity contribution in [2.75, 3.05) is 27.9 Å². The van der Waals surface area contributed by atoms with E-state index in [-0.39, 0.29) is 11.8 Å². The average molecular weight is 487 g/mol. The van der Waals surface area contributed by atoms with Gasteiger partial charge in [-0.15, -0.1) is 0 Å². The highest BCUT2D eigenvalue weighted by atomic mass is 79.9. The number of methoxy groups -OCH3 is 3. The second kappa shape index (κ2) is 8.06. The number of phenolic OH excluding ortho intramolecular Hbond substituents is 1. The first-order valence-corrected chi connectivity index (χ1v) is 9.80. The molecule has 7 heteroatoms. The zero-order chi connectivity index (χ0) is 18.8. The van der Waals surface area contributed by atoms with Crippen LogP contribution in [-0.2, 0) is 12.8 Å². The number of benzene rings is 2. The smallest absolute Gasteiger partial charge is 0.162 e. The number of nitrogens with one attached hydrogen (secondary N) is 1. The van der Waals surface area contributed by atoms with Crippen LogP contribution < -0.4 is 19.5 Å². The predicted molar refractivity (Wildman–Crippen MR) is 108 cm³/mol. The maximum atomic E-state index is 10.7. The molecule has 5 nitrogen and oxygen atoms in total. The van der Waals surface area contributed by atoms with Gasteiger partial charge < -0.3 is 24.6 Å². The van der Waals surface area contributed by atoms with Crippen LogP contribution in [0.3, 0.4) is 0 Å². The van der Waals surface area contributed by atoms with Gasteiger partial charge in [0.15, 0.2) is 23.0 Å². The third-order valence-electron chi connectivity index (χ3n) is 4.67. The lowest BCUT2D eigenvalue weighted by atomic mass is 9.89. The van der Waals surface area contributed by atoms with Gasteiger partial charge in [-0.3, -0.25) is 0 Å². The van der Waals surface area contributed by atoms with Crippen LogP contribution in [0.5, 0.6) is 23.0 Å². The molecular formula is C19H21Br2NO4. The van der Waals surface area contributed by atoms with Crippen LogP contribution in [-0.4, -0.2) is 33.0 Å². The molecule has 26 heavy (non-hydrogen) atoms. The minimum atomic E-state index is -0.0421. The fourth-order valence-corrected chi connectivity index (χ4v) is 4.48. The number of ether oxygens (including phenoxy) is 3. The van der Waals surface area contributed by atoms with Crippen molar-refractivity contribution in [1.29, 1.82) is 0 Å². The highest BCUT2D eigenvalue weighted by Gasteiger charge is 2.28. The van der Waals surface area contributed by atoms with Crippen molar-refractivity contribution in [3.63, 3.8) is 0 Å². The SMILES string of the molecule is COc1cc(Br)c(CC2NCCc3c(Br)cc(OC)c(O)c32)cc1OC. The van der Waals surface area contributed by atoms with Crippen LogP contribution in [0.2, 0.25) is 0 Å². The van der Waals surface area contributed by atoms with Crippen LogP contribution in [0.4, 0.5) is 0 Å². The molecule has 2 aromatic carbocycles. The molecule has 0 spiro atoms. The highest BCUT2D eigenvalue weighted by molar-refractivity contribution is 9.10. The normalized spacial score (nSPS) is 16.1. The van der Waals surface area contributed by atoms with Crippen LogP contribution in [0.1, 0.15) is 22.7 Å². The lowest BCUT2D eigenvalue weighted by Gasteiger charge is -2.30. The molecule has 0 fully saturated rings. The Morgan fingerprint density at radius 2 is 1.62 bits per heavy atom. The van der Waals surface area contributed by atoms with E-state index in [1.54, 1.807) is 21.3 Å². The Hall–Kier alpha value is -1.44. The molecule has 1 aliphatic heterocycles. The standard InChI is InChI=1S/C19H21Br2NO4/c1-24-15-7-10(12(20)8-16(15)25-2)6-14-18-11(4-5-22-14)13(21)9-17(26-3)19(18)23/h7-9,14,22-23H,4-6H2,1-3H3. The lowest BCUT2D eigenvalue weighted by molar-refractivity contribution is 0.353. The molecular weight excluding hydrogens is 466 g/mol. The first-order valence-electron chi connectivity index (χ1n) is 8.22. The Labute approximate surface area is 169 Å². The van der Waals surface area contributed by atoms with E-state index in [2.05, 4.69) is 37.2 Å². The van der Waals surface area contributed by atoms with Crippen molar-refractivity contribution in [1.82, 2.24) is 5.32 Å². The second-order valence-corrected chi connectivity index (χ2v) is 7.77. The van der Waals surface area contributed by atoms with Crippen LogP contribution in [0.15, 0.2) is 27.1 Å². The first-order chi connectivity index (χ1) is 12.5. The fraction of sp³-hybridized carbons (Fsp3) is 0.368. The summed E-state index contributed by atoms with van der Waals surface area (Å²) in [5.74, 6) is 2.01. The summed E-state index contributed by atoms with van der Waals surface area (Å²) in [4.78, 5) is 0. The van der Waals surface area contributed by atoms with Crippen molar-refractivity contribution >= 4 is 31.9 Å². The van der Waals surface area contributed by atoms with E-state index in [0.29, 0.717) is 23.7 Å². The Morgan fingerprint density at radius 3 is 2.27 bits per heavy atom. The number of hydrogen-bond acceptors (Lipinski definition) is 5. The highest BCUT2D eigenvalue weighted by Crippen LogP contribution is 2.44. The molecule has 0 saturated carbocycles. The Balaban J connectivity index is 2.03. The average Bonchev–Trinajstić information content (AvgIpc) is 2.65. The molecule has 140 valence electrons. The molecule has 1 unspecified atom stereocenters. The first kappa shape index (κ1) is 19.3. The van der Waals surface area contributed by atoms with Crippen molar-refractivity contribution in [2.24, 2.45) is 0 Å². The summed E-state index contributed by atoms with van der Waals surface area (Å²) in [6.07, 6.45) is 1.53. The van der Waals surface area contributed by atoms with E-state index < -0.39 is 0 Å². The summed E-state index contributed by atoms with van der Waals surface area (Å²) in [6.45, 7) is 0.840. The third kappa shape index (κ3) is 3.52. The van der Waals surface area contributed by atoms with E-state index >= 15 is 0 Å². The van der Waals surface area contributed by atoms with E-state index in [4.69, 9.17) is 14.2 Å². The van der Waals surface area contributed by atoms with Gasteiger partial charge in [0.1, 0.15) is 0 Å². The van der Waals surface area contributed by atoms with Gasteiger partial charge in [0.25, 0.3) is 0 Å². The van der Waals surface area contributed by atoms with Crippen molar-refractivity contribution < 1.29 is 19.3 Å². The molecule has 0 amide bonds. The van der Waals surface area contributed by atoms with E-state index in [9.17, 15) is 5.11 Å². The van der Waals surface area contributed by atoms with Gasteiger partial charge in [-0.2, -0.15) is 0 Å². The molecule has 3 rings (SSSR count). The summed E-state index contributed by atoms with van der Waals surface area (Å²) in [5, 5.41) is 14.2. The number of rotatable bonds is 5. The van der Waals surface area contributed by atoms with E-state index in [1.165, 1.54) is 0 Å². The molecule has 1 heterocycles. The van der Waals surface area contributed by atoms with Crippen LogP contribution >= 0.6 is 31.9 Å². The van der Waals surface area contributed by atoms with Gasteiger partial charge in [0, 0.05) is 20.6 Å². The molecule has 2 aromatic rings. The second-order valence-electron chi connectivity index (χ2n) is 6.06. The third-order valence-corrected chi connectivity index (χ3v) is 6.12. The van der Waals surface area contributed by atoms with Gasteiger partial charge in [0.2, 0.25) is 0 Å². The number of aromatic hydroxyl groups is 1. The van der Waals surface area contributed by atoms with Gasteiger partial charge in [-0.25, -0.2) is 0 Å². The molecule has 0 aromatic heterocycles. The van der Waals surface area contributed by atoms with Crippen molar-refractivity contribution in [2.45, 2.75) is 18.9 Å². The monoisotopic (exact) mass is 485 g/mol. The number of hydrogen-bond donors (Lipinski definition) is 2. The molecule has 1 aliphatic rings. The van der Waals surface area contributed by atoms with Gasteiger partial charge in [-0.05, 0) is 48.7 Å². The fourth-order valence-electron chi connectivity index (χ4n) is 3.38. The molecule has 0 radical (unpaired) electrons. The minimum Gasteiger partial charge on any atom is -0.504 e. The van der Waals surface area contributed by atoms with Crippen LogP contribution in [0.25, 0.3) is 0 Å². The van der Waals surface area contributed by atoms with Crippen molar-refractivity contribution in [3.8, 4) is 23.0 Å². The van der Waals surface area contributed by atoms with Crippen molar-refractivity contribution in [3.05, 3.63) is 43.8 Å². The van der Waals surface area contributed by atoms with E-state index in [1.807, 2.05) is 18.2 Å². The zero-order valence-electron chi connectivity index (χ0n) is 14.9. The largest absolute Gasteiger partial charge is 0.504 e. The Bertz CT molecular complexity index is 826. The zero-order valence-corrected chi connectivity index (χ0v) is 18.0. The lowest BCUT2D eigenvalue weighted by Crippen LogP contribution is -2.31. The van der Waals surface area contributed by atoms with Gasteiger partial charge in [-0.1, -0.05) is 31.9 Å². The quantitative estimate of drug-likeness (QED) is 0.657. The molecule has 0 saturated heterocycles. The summed E-state index contributed by atoms with van der Waals surface area (Å²) in [5.41, 5.74) is 3.05. The molecule has 2 N–H and O–H groups in total. The topological polar surface area (TPSA) is 60.0 Å².